The van der Waals surface area contributed by atoms with E-state index < -0.39 is 110 Å². The standard InChI is InChI=1S/C34H49FN6O16/c1-21(31(50)36-9-11-55-13-15-57-17-16-56-14-12-54-10-8-29(46)47)39-34(53)25(18-30(48)49)41-27(43)20-38-33(52)24(6-7-28(44)45)40-26(42)19-37-32(51)22-2-4-23(35)5-3-22/h2-5,21,24-25H,6-20H2,1H3,(H,36,50)(H,37,51)(H,38,52)(H,39,53)(H,40,42)(H,41,43)(H,44,45)(H,46,47)(H,48,49)/t21-,24-,25?/m0/s1. The summed E-state index contributed by atoms with van der Waals surface area (Å²) in [5.41, 5.74) is 0.0421. The Morgan fingerprint density at radius 3 is 1.63 bits per heavy atom. The van der Waals surface area contributed by atoms with Crippen molar-refractivity contribution in [2.75, 3.05) is 72.5 Å². The number of amides is 6. The monoisotopic (exact) mass is 816 g/mol. The van der Waals surface area contributed by atoms with E-state index in [0.717, 1.165) is 12.1 Å². The molecule has 0 bridgehead atoms. The van der Waals surface area contributed by atoms with Gasteiger partial charge in [0.25, 0.3) is 5.91 Å². The number of hydrogen-bond acceptors (Lipinski definition) is 13. The van der Waals surface area contributed by atoms with E-state index in [4.69, 9.17) is 29.2 Å². The van der Waals surface area contributed by atoms with E-state index in [9.17, 15) is 52.6 Å². The van der Waals surface area contributed by atoms with Crippen LogP contribution >= 0.6 is 0 Å². The first-order valence-electron chi connectivity index (χ1n) is 17.5. The molecular formula is C34H49FN6O16. The van der Waals surface area contributed by atoms with Gasteiger partial charge in [0.2, 0.25) is 29.5 Å². The molecular weight excluding hydrogens is 767 g/mol. The van der Waals surface area contributed by atoms with Gasteiger partial charge in [0, 0.05) is 18.5 Å². The van der Waals surface area contributed by atoms with Crippen molar-refractivity contribution in [1.82, 2.24) is 31.9 Å². The summed E-state index contributed by atoms with van der Waals surface area (Å²) in [6.07, 6.45) is -1.97. The normalized spacial score (nSPS) is 12.2. The minimum atomic E-state index is -1.68. The third-order valence-corrected chi connectivity index (χ3v) is 7.14. The van der Waals surface area contributed by atoms with Gasteiger partial charge in [-0.25, -0.2) is 4.39 Å². The molecule has 1 unspecified atom stereocenters. The maximum absolute atomic E-state index is 13.1. The van der Waals surface area contributed by atoms with Crippen LogP contribution in [0.2, 0.25) is 0 Å². The average molecular weight is 817 g/mol. The Kier molecular flexibility index (Phi) is 24.7. The highest BCUT2D eigenvalue weighted by atomic mass is 19.1. The maximum Gasteiger partial charge on any atom is 0.305 e. The Morgan fingerprint density at radius 1 is 0.579 bits per heavy atom. The predicted molar refractivity (Wildman–Crippen MR) is 191 cm³/mol. The number of nitrogens with one attached hydrogen (secondary N) is 6. The van der Waals surface area contributed by atoms with Crippen molar-refractivity contribution in [3.63, 3.8) is 0 Å². The smallest absolute Gasteiger partial charge is 0.305 e. The molecule has 0 spiro atoms. The number of carboxylic acids is 3. The number of ether oxygens (including phenoxy) is 4. The van der Waals surface area contributed by atoms with E-state index >= 15 is 0 Å². The van der Waals surface area contributed by atoms with E-state index in [1.54, 1.807) is 0 Å². The van der Waals surface area contributed by atoms with Gasteiger partial charge in [0.05, 0.1) is 78.8 Å². The van der Waals surface area contributed by atoms with Crippen molar-refractivity contribution in [2.45, 2.75) is 50.7 Å². The Bertz CT molecular complexity index is 1500. The highest BCUT2D eigenvalue weighted by molar-refractivity contribution is 5.98. The summed E-state index contributed by atoms with van der Waals surface area (Å²) >= 11 is 0. The average Bonchev–Trinajstić information content (AvgIpc) is 3.15. The summed E-state index contributed by atoms with van der Waals surface area (Å²) in [4.78, 5) is 108. The van der Waals surface area contributed by atoms with Crippen molar-refractivity contribution >= 4 is 53.4 Å². The number of carboxylic acid groups (broad SMARTS) is 3. The van der Waals surface area contributed by atoms with E-state index in [0.29, 0.717) is 6.61 Å². The zero-order valence-electron chi connectivity index (χ0n) is 31.2. The van der Waals surface area contributed by atoms with Gasteiger partial charge in [0.1, 0.15) is 23.9 Å². The molecule has 9 N–H and O–H groups in total. The highest BCUT2D eigenvalue weighted by Gasteiger charge is 2.28. The molecule has 3 atom stereocenters. The topological polar surface area (TPSA) is 323 Å². The number of carbonyl (C=O) groups is 9. The fourth-order valence-electron chi connectivity index (χ4n) is 4.27. The van der Waals surface area contributed by atoms with Crippen LogP contribution in [0.4, 0.5) is 4.39 Å². The Labute approximate surface area is 325 Å². The van der Waals surface area contributed by atoms with Crippen LogP contribution in [-0.2, 0) is 57.3 Å². The van der Waals surface area contributed by atoms with Crippen LogP contribution in [0.25, 0.3) is 0 Å². The molecule has 23 heteroatoms. The van der Waals surface area contributed by atoms with Crippen molar-refractivity contribution < 1.29 is 81.8 Å². The molecule has 318 valence electrons. The van der Waals surface area contributed by atoms with Crippen LogP contribution in [-0.4, -0.2) is 159 Å². The van der Waals surface area contributed by atoms with Crippen molar-refractivity contribution in [3.8, 4) is 0 Å². The largest absolute Gasteiger partial charge is 0.481 e. The van der Waals surface area contributed by atoms with Crippen LogP contribution in [0.15, 0.2) is 24.3 Å². The highest BCUT2D eigenvalue weighted by Crippen LogP contribution is 2.03. The third-order valence-electron chi connectivity index (χ3n) is 7.14. The summed E-state index contributed by atoms with van der Waals surface area (Å²) in [5.74, 6) is -9.67. The van der Waals surface area contributed by atoms with E-state index in [1.807, 2.05) is 0 Å². The molecule has 0 aliphatic carbocycles. The molecule has 0 fully saturated rings. The fraction of sp³-hybridized carbons (Fsp3) is 0.559. The molecule has 22 nitrogen and oxygen atoms in total. The van der Waals surface area contributed by atoms with Crippen LogP contribution in [0.5, 0.6) is 0 Å². The first-order valence-corrected chi connectivity index (χ1v) is 17.5. The van der Waals surface area contributed by atoms with Crippen LogP contribution < -0.4 is 31.9 Å². The number of benzene rings is 1. The zero-order chi connectivity index (χ0) is 42.6. The number of rotatable bonds is 31. The second-order valence-electron chi connectivity index (χ2n) is 11.8. The van der Waals surface area contributed by atoms with E-state index in [1.165, 1.54) is 19.1 Å². The third kappa shape index (κ3) is 24.4. The lowest BCUT2D eigenvalue weighted by Crippen LogP contribution is -2.55. The summed E-state index contributed by atoms with van der Waals surface area (Å²) < 4.78 is 34.1. The summed E-state index contributed by atoms with van der Waals surface area (Å²) in [7, 11) is 0. The lowest BCUT2D eigenvalue weighted by atomic mass is 10.1. The quantitative estimate of drug-likeness (QED) is 0.0341. The van der Waals surface area contributed by atoms with Crippen LogP contribution in [0.3, 0.4) is 0 Å². The summed E-state index contributed by atoms with van der Waals surface area (Å²) in [6.45, 7) is 1.64. The molecule has 0 saturated heterocycles. The maximum atomic E-state index is 13.1. The van der Waals surface area contributed by atoms with Crippen LogP contribution in [0.1, 0.15) is 43.0 Å². The molecule has 1 aromatic carbocycles. The molecule has 1 rings (SSSR count). The minimum absolute atomic E-state index is 0.0421. The number of carbonyl (C=O) groups excluding carboxylic acids is 6. The zero-order valence-corrected chi connectivity index (χ0v) is 31.2. The molecule has 0 saturated carbocycles. The van der Waals surface area contributed by atoms with Crippen LogP contribution in [0, 0.1) is 5.82 Å². The lowest BCUT2D eigenvalue weighted by molar-refractivity contribution is -0.141. The van der Waals surface area contributed by atoms with Gasteiger partial charge in [-0.2, -0.15) is 0 Å². The van der Waals surface area contributed by atoms with Gasteiger partial charge in [-0.1, -0.05) is 0 Å². The van der Waals surface area contributed by atoms with Gasteiger partial charge < -0.3 is 66.2 Å². The van der Waals surface area contributed by atoms with Gasteiger partial charge in [0.15, 0.2) is 0 Å². The summed E-state index contributed by atoms with van der Waals surface area (Å²) in [6, 6.07) is 0.0831. The molecule has 0 radical (unpaired) electrons. The Balaban J connectivity index is 2.46. The van der Waals surface area contributed by atoms with E-state index in [2.05, 4.69) is 31.9 Å². The minimum Gasteiger partial charge on any atom is -0.481 e. The number of hydrogen-bond donors (Lipinski definition) is 9. The van der Waals surface area contributed by atoms with Gasteiger partial charge in [-0.3, -0.25) is 43.2 Å². The molecule has 1 aromatic rings. The lowest BCUT2D eigenvalue weighted by Gasteiger charge is -2.21. The number of halogens is 1. The fourth-order valence-corrected chi connectivity index (χ4v) is 4.27. The van der Waals surface area contributed by atoms with Gasteiger partial charge >= 0.3 is 17.9 Å². The predicted octanol–water partition coefficient (Wildman–Crippen LogP) is -2.86. The first-order chi connectivity index (χ1) is 27.1. The summed E-state index contributed by atoms with van der Waals surface area (Å²) in [5, 5.41) is 40.4. The van der Waals surface area contributed by atoms with E-state index in [-0.39, 0.29) is 64.8 Å². The van der Waals surface area contributed by atoms with Crippen molar-refractivity contribution in [1.29, 1.82) is 0 Å². The molecule has 0 aliphatic rings. The molecule has 57 heavy (non-hydrogen) atoms. The molecule has 0 heterocycles. The van der Waals surface area contributed by atoms with Gasteiger partial charge in [-0.05, 0) is 37.6 Å². The SMILES string of the molecule is C[C@H](NC(=O)C(CC(=O)O)NC(=O)CNC(=O)[C@H](CCC(=O)O)NC(=O)CNC(=O)c1ccc(F)cc1)C(=O)NCCOCCOCCOCCOCCC(=O)O. The van der Waals surface area contributed by atoms with Crippen molar-refractivity contribution in [2.24, 2.45) is 0 Å². The second-order valence-corrected chi connectivity index (χ2v) is 11.8. The second kappa shape index (κ2) is 28.6. The van der Waals surface area contributed by atoms with Crippen molar-refractivity contribution in [3.05, 3.63) is 35.6 Å². The Morgan fingerprint density at radius 2 is 1.09 bits per heavy atom. The van der Waals surface area contributed by atoms with Gasteiger partial charge in [-0.15, -0.1) is 0 Å². The molecule has 0 aliphatic heterocycles. The first kappa shape index (κ1) is 49.2. The molecule has 0 aromatic heterocycles. The Hall–Kier alpha value is -5.78. The molecule has 6 amide bonds. The number of aliphatic carboxylic acids is 3.